The van der Waals surface area contributed by atoms with Crippen molar-refractivity contribution in [1.29, 1.82) is 0 Å². The van der Waals surface area contributed by atoms with E-state index in [1.54, 1.807) is 62.4 Å². The molecule has 0 aromatic heterocycles. The van der Waals surface area contributed by atoms with Gasteiger partial charge in [-0.2, -0.15) is 0 Å². The van der Waals surface area contributed by atoms with Crippen LogP contribution in [-0.4, -0.2) is 24.6 Å². The van der Waals surface area contributed by atoms with Gasteiger partial charge in [-0.3, -0.25) is 10.1 Å². The molecule has 0 unspecified atom stereocenters. The number of benzene rings is 2. The SMILES string of the molecule is CCOC(=O)Nc1ccc(N[C@H](C)C(=O)Nc2ccccc2Cl)cc1. The smallest absolute Gasteiger partial charge is 0.411 e. The second kappa shape index (κ2) is 8.94. The average molecular weight is 362 g/mol. The molecule has 0 fully saturated rings. The number of ether oxygens (including phenoxy) is 1. The number of rotatable bonds is 6. The van der Waals surface area contributed by atoms with Crippen LogP contribution in [0.5, 0.6) is 0 Å². The van der Waals surface area contributed by atoms with E-state index in [1.165, 1.54) is 0 Å². The van der Waals surface area contributed by atoms with Crippen molar-refractivity contribution in [2.75, 3.05) is 22.6 Å². The molecule has 2 amide bonds. The van der Waals surface area contributed by atoms with Crippen LogP contribution in [-0.2, 0) is 9.53 Å². The standard InChI is InChI=1S/C18H20ClN3O3/c1-3-25-18(24)21-14-10-8-13(9-11-14)20-12(2)17(23)22-16-7-5-4-6-15(16)19/h4-12,20H,3H2,1-2H3,(H,21,24)(H,22,23)/t12-/m1/s1. The fourth-order valence-corrected chi connectivity index (χ4v) is 2.24. The predicted molar refractivity (Wildman–Crippen MR) is 100 cm³/mol. The maximum Gasteiger partial charge on any atom is 0.411 e. The molecule has 0 saturated carbocycles. The van der Waals surface area contributed by atoms with E-state index >= 15 is 0 Å². The first-order chi connectivity index (χ1) is 12.0. The summed E-state index contributed by atoms with van der Waals surface area (Å²) in [6.45, 7) is 3.79. The highest BCUT2D eigenvalue weighted by Gasteiger charge is 2.14. The molecule has 0 saturated heterocycles. The number of hydrogen-bond acceptors (Lipinski definition) is 4. The number of halogens is 1. The molecule has 0 aliphatic rings. The summed E-state index contributed by atoms with van der Waals surface area (Å²) in [7, 11) is 0. The molecule has 2 rings (SSSR count). The van der Waals surface area contributed by atoms with E-state index in [9.17, 15) is 9.59 Å². The van der Waals surface area contributed by atoms with Crippen molar-refractivity contribution < 1.29 is 14.3 Å². The van der Waals surface area contributed by atoms with Crippen LogP contribution in [0.3, 0.4) is 0 Å². The van der Waals surface area contributed by atoms with Crippen molar-refractivity contribution in [1.82, 2.24) is 0 Å². The van der Waals surface area contributed by atoms with E-state index in [-0.39, 0.29) is 5.91 Å². The molecule has 2 aromatic rings. The van der Waals surface area contributed by atoms with Gasteiger partial charge in [-0.25, -0.2) is 4.79 Å². The van der Waals surface area contributed by atoms with Crippen molar-refractivity contribution in [3.05, 3.63) is 53.6 Å². The van der Waals surface area contributed by atoms with Gasteiger partial charge in [-0.05, 0) is 50.2 Å². The summed E-state index contributed by atoms with van der Waals surface area (Å²) < 4.78 is 4.81. The summed E-state index contributed by atoms with van der Waals surface area (Å²) in [4.78, 5) is 23.6. The Bertz CT molecular complexity index is 735. The maximum atomic E-state index is 12.2. The van der Waals surface area contributed by atoms with Crippen molar-refractivity contribution in [3.8, 4) is 0 Å². The predicted octanol–water partition coefficient (Wildman–Crippen LogP) is 4.35. The molecule has 7 heteroatoms. The van der Waals surface area contributed by atoms with Gasteiger partial charge >= 0.3 is 6.09 Å². The summed E-state index contributed by atoms with van der Waals surface area (Å²) in [5.74, 6) is -0.207. The average Bonchev–Trinajstić information content (AvgIpc) is 2.59. The van der Waals surface area contributed by atoms with Crippen LogP contribution in [0.2, 0.25) is 5.02 Å². The summed E-state index contributed by atoms with van der Waals surface area (Å²) in [5, 5.41) is 8.95. The molecule has 1 atom stereocenters. The molecule has 0 heterocycles. The Morgan fingerprint density at radius 3 is 2.32 bits per heavy atom. The van der Waals surface area contributed by atoms with E-state index in [4.69, 9.17) is 16.3 Å². The highest BCUT2D eigenvalue weighted by atomic mass is 35.5. The lowest BCUT2D eigenvalue weighted by atomic mass is 10.2. The van der Waals surface area contributed by atoms with Crippen LogP contribution in [0, 0.1) is 0 Å². The highest BCUT2D eigenvalue weighted by molar-refractivity contribution is 6.33. The van der Waals surface area contributed by atoms with E-state index in [1.807, 2.05) is 0 Å². The molecule has 0 spiro atoms. The summed E-state index contributed by atoms with van der Waals surface area (Å²) in [5.41, 5.74) is 1.92. The van der Waals surface area contributed by atoms with Crippen molar-refractivity contribution in [3.63, 3.8) is 0 Å². The second-order valence-electron chi connectivity index (χ2n) is 5.26. The highest BCUT2D eigenvalue weighted by Crippen LogP contribution is 2.21. The van der Waals surface area contributed by atoms with Gasteiger partial charge < -0.3 is 15.4 Å². The van der Waals surface area contributed by atoms with Gasteiger partial charge in [0.1, 0.15) is 6.04 Å². The zero-order valence-electron chi connectivity index (χ0n) is 14.0. The minimum atomic E-state index is -0.504. The van der Waals surface area contributed by atoms with E-state index in [0.29, 0.717) is 23.0 Å². The Hall–Kier alpha value is -2.73. The number of para-hydroxylation sites is 1. The van der Waals surface area contributed by atoms with Crippen LogP contribution < -0.4 is 16.0 Å². The zero-order chi connectivity index (χ0) is 18.2. The van der Waals surface area contributed by atoms with E-state index in [2.05, 4.69) is 16.0 Å². The minimum Gasteiger partial charge on any atom is -0.450 e. The number of nitrogens with one attached hydrogen (secondary N) is 3. The molecule has 0 aliphatic carbocycles. The molecule has 0 bridgehead atoms. The Morgan fingerprint density at radius 1 is 1.04 bits per heavy atom. The first-order valence-electron chi connectivity index (χ1n) is 7.85. The van der Waals surface area contributed by atoms with Crippen LogP contribution in [0.15, 0.2) is 48.5 Å². The second-order valence-corrected chi connectivity index (χ2v) is 5.67. The van der Waals surface area contributed by atoms with Crippen molar-refractivity contribution in [2.24, 2.45) is 0 Å². The Labute approximate surface area is 151 Å². The number of carbonyl (C=O) groups excluding carboxylic acids is 2. The topological polar surface area (TPSA) is 79.5 Å². The number of anilines is 3. The van der Waals surface area contributed by atoms with Gasteiger partial charge in [-0.15, -0.1) is 0 Å². The van der Waals surface area contributed by atoms with Gasteiger partial charge in [-0.1, -0.05) is 23.7 Å². The van der Waals surface area contributed by atoms with Gasteiger partial charge in [0, 0.05) is 11.4 Å². The molecule has 25 heavy (non-hydrogen) atoms. The molecule has 3 N–H and O–H groups in total. The number of amides is 2. The Kier molecular flexibility index (Phi) is 6.65. The Balaban J connectivity index is 1.91. The van der Waals surface area contributed by atoms with Crippen molar-refractivity contribution in [2.45, 2.75) is 19.9 Å². The molecule has 2 aromatic carbocycles. The van der Waals surface area contributed by atoms with Crippen LogP contribution in [0.25, 0.3) is 0 Å². The summed E-state index contributed by atoms with van der Waals surface area (Å²) in [6, 6.07) is 13.5. The van der Waals surface area contributed by atoms with Gasteiger partial charge in [0.15, 0.2) is 0 Å². The summed E-state index contributed by atoms with van der Waals surface area (Å²) >= 11 is 6.03. The summed E-state index contributed by atoms with van der Waals surface area (Å²) in [6.07, 6.45) is -0.504. The molecular weight excluding hydrogens is 342 g/mol. The quantitative estimate of drug-likeness (QED) is 0.714. The largest absolute Gasteiger partial charge is 0.450 e. The molecule has 132 valence electrons. The lowest BCUT2D eigenvalue weighted by Crippen LogP contribution is -2.31. The third kappa shape index (κ3) is 5.69. The third-order valence-electron chi connectivity index (χ3n) is 3.31. The van der Waals surface area contributed by atoms with Crippen molar-refractivity contribution >= 4 is 40.7 Å². The number of hydrogen-bond donors (Lipinski definition) is 3. The monoisotopic (exact) mass is 361 g/mol. The van der Waals surface area contributed by atoms with Crippen LogP contribution >= 0.6 is 11.6 Å². The molecule has 0 radical (unpaired) electrons. The lowest BCUT2D eigenvalue weighted by Gasteiger charge is -2.16. The normalized spacial score (nSPS) is 11.3. The molecular formula is C18H20ClN3O3. The zero-order valence-corrected chi connectivity index (χ0v) is 14.8. The first kappa shape index (κ1) is 18.6. The van der Waals surface area contributed by atoms with Gasteiger partial charge in [0.2, 0.25) is 5.91 Å². The van der Waals surface area contributed by atoms with Crippen LogP contribution in [0.1, 0.15) is 13.8 Å². The van der Waals surface area contributed by atoms with Gasteiger partial charge in [0.05, 0.1) is 17.3 Å². The fourth-order valence-electron chi connectivity index (χ4n) is 2.05. The van der Waals surface area contributed by atoms with Gasteiger partial charge in [0.25, 0.3) is 0 Å². The number of carbonyl (C=O) groups is 2. The molecule has 6 nitrogen and oxygen atoms in total. The van der Waals surface area contributed by atoms with E-state index in [0.717, 1.165) is 5.69 Å². The van der Waals surface area contributed by atoms with E-state index < -0.39 is 12.1 Å². The van der Waals surface area contributed by atoms with Crippen LogP contribution in [0.4, 0.5) is 21.9 Å². The first-order valence-corrected chi connectivity index (χ1v) is 8.23. The Morgan fingerprint density at radius 2 is 1.68 bits per heavy atom. The third-order valence-corrected chi connectivity index (χ3v) is 3.64. The lowest BCUT2D eigenvalue weighted by molar-refractivity contribution is -0.116. The minimum absolute atomic E-state index is 0.207. The maximum absolute atomic E-state index is 12.2. The fraction of sp³-hybridized carbons (Fsp3) is 0.222. The molecule has 0 aliphatic heterocycles.